The molecule has 0 spiro atoms. The number of benzene rings is 2. The molecule has 1 amide bonds. The molecule has 144 valence electrons. The topological polar surface area (TPSA) is 68.5 Å². The summed E-state index contributed by atoms with van der Waals surface area (Å²) in [5.41, 5.74) is 1.26. The number of likely N-dealkylation sites (tertiary alicyclic amines) is 1. The monoisotopic (exact) mass is 381 g/mol. The summed E-state index contributed by atoms with van der Waals surface area (Å²) in [5.74, 6) is 1.11. The summed E-state index contributed by atoms with van der Waals surface area (Å²) < 4.78 is 23.8. The zero-order valence-corrected chi connectivity index (χ0v) is 15.5. The Kier molecular flexibility index (Phi) is 5.06. The van der Waals surface area contributed by atoms with Crippen molar-refractivity contribution in [2.45, 2.75) is 25.3 Å². The van der Waals surface area contributed by atoms with Gasteiger partial charge in [0.2, 0.25) is 11.7 Å². The van der Waals surface area contributed by atoms with Gasteiger partial charge in [-0.25, -0.2) is 4.39 Å². The maximum Gasteiger partial charge on any atom is 0.254 e. The number of nitrogens with zero attached hydrogens (tertiary/aromatic N) is 3. The highest BCUT2D eigenvalue weighted by molar-refractivity contribution is 5.94. The van der Waals surface area contributed by atoms with Crippen LogP contribution in [0.1, 0.15) is 41.6 Å². The summed E-state index contributed by atoms with van der Waals surface area (Å²) in [6.07, 6.45) is 2.62. The first-order valence-electron chi connectivity index (χ1n) is 9.20. The van der Waals surface area contributed by atoms with Crippen LogP contribution < -0.4 is 4.74 Å². The number of piperidine rings is 1. The summed E-state index contributed by atoms with van der Waals surface area (Å²) in [6.45, 7) is 0.598. The van der Waals surface area contributed by atoms with Crippen molar-refractivity contribution < 1.29 is 18.4 Å². The minimum absolute atomic E-state index is 0.158. The zero-order valence-electron chi connectivity index (χ0n) is 15.5. The highest BCUT2D eigenvalue weighted by atomic mass is 19.1. The molecule has 28 heavy (non-hydrogen) atoms. The van der Waals surface area contributed by atoms with Crippen LogP contribution in [0.15, 0.2) is 53.1 Å². The number of carbonyl (C=O) groups is 1. The average Bonchev–Trinajstić information content (AvgIpc) is 3.24. The molecule has 0 aliphatic carbocycles. The number of methoxy groups -OCH3 is 1. The Morgan fingerprint density at radius 1 is 1.14 bits per heavy atom. The summed E-state index contributed by atoms with van der Waals surface area (Å²) in [6, 6.07) is 12.7. The van der Waals surface area contributed by atoms with Gasteiger partial charge in [-0.1, -0.05) is 5.16 Å². The highest BCUT2D eigenvalue weighted by Crippen LogP contribution is 2.32. The number of halogens is 1. The molecular formula is C21H20FN3O3. The lowest BCUT2D eigenvalue weighted by Gasteiger charge is -2.33. The molecule has 1 unspecified atom stereocenters. The van der Waals surface area contributed by atoms with Crippen LogP contribution in [0.5, 0.6) is 5.75 Å². The third kappa shape index (κ3) is 3.60. The van der Waals surface area contributed by atoms with Crippen LogP contribution in [0.2, 0.25) is 0 Å². The Morgan fingerprint density at radius 2 is 1.89 bits per heavy atom. The quantitative estimate of drug-likeness (QED) is 0.676. The number of hydrogen-bond acceptors (Lipinski definition) is 5. The molecule has 0 saturated carbocycles. The van der Waals surface area contributed by atoms with Gasteiger partial charge in [-0.3, -0.25) is 4.79 Å². The van der Waals surface area contributed by atoms with Gasteiger partial charge in [-0.05, 0) is 67.8 Å². The maximum absolute atomic E-state index is 13.2. The van der Waals surface area contributed by atoms with E-state index >= 15 is 0 Å². The van der Waals surface area contributed by atoms with Gasteiger partial charge in [0.25, 0.3) is 5.91 Å². The lowest BCUT2D eigenvalue weighted by molar-refractivity contribution is 0.0561. The molecule has 0 N–H and O–H groups in total. The fourth-order valence-corrected chi connectivity index (χ4v) is 3.42. The summed E-state index contributed by atoms with van der Waals surface area (Å²) >= 11 is 0. The summed E-state index contributed by atoms with van der Waals surface area (Å²) in [5, 5.41) is 4.08. The molecule has 2 heterocycles. The predicted octanol–water partition coefficient (Wildman–Crippen LogP) is 4.25. The molecular weight excluding hydrogens is 361 g/mol. The van der Waals surface area contributed by atoms with Crippen molar-refractivity contribution in [2.24, 2.45) is 0 Å². The molecule has 7 heteroatoms. The van der Waals surface area contributed by atoms with Crippen molar-refractivity contribution in [3.05, 3.63) is 65.8 Å². The van der Waals surface area contributed by atoms with E-state index in [-0.39, 0.29) is 17.8 Å². The van der Waals surface area contributed by atoms with Gasteiger partial charge >= 0.3 is 0 Å². The molecule has 1 aliphatic rings. The van der Waals surface area contributed by atoms with Gasteiger partial charge < -0.3 is 14.2 Å². The second kappa shape index (κ2) is 7.80. The predicted molar refractivity (Wildman–Crippen MR) is 100 cm³/mol. The lowest BCUT2D eigenvalue weighted by atomic mass is 10.0. The molecule has 1 fully saturated rings. The van der Waals surface area contributed by atoms with E-state index in [0.29, 0.717) is 23.8 Å². The van der Waals surface area contributed by atoms with E-state index < -0.39 is 0 Å². The Bertz CT molecular complexity index is 954. The summed E-state index contributed by atoms with van der Waals surface area (Å²) in [7, 11) is 1.61. The number of ether oxygens (including phenoxy) is 1. The second-order valence-corrected chi connectivity index (χ2v) is 6.70. The Balaban J connectivity index is 1.58. The van der Waals surface area contributed by atoms with Crippen LogP contribution in [-0.2, 0) is 0 Å². The molecule has 4 rings (SSSR count). The number of rotatable bonds is 4. The fraction of sp³-hybridized carbons (Fsp3) is 0.286. The highest BCUT2D eigenvalue weighted by Gasteiger charge is 2.32. The van der Waals surface area contributed by atoms with Gasteiger partial charge in [-0.2, -0.15) is 4.98 Å². The molecule has 6 nitrogen and oxygen atoms in total. The van der Waals surface area contributed by atoms with Crippen LogP contribution >= 0.6 is 0 Å². The lowest BCUT2D eigenvalue weighted by Crippen LogP contribution is -2.38. The third-order valence-corrected chi connectivity index (χ3v) is 4.93. The van der Waals surface area contributed by atoms with Gasteiger partial charge in [0.1, 0.15) is 17.6 Å². The molecule has 1 saturated heterocycles. The molecule has 1 atom stereocenters. The van der Waals surface area contributed by atoms with Crippen molar-refractivity contribution in [1.82, 2.24) is 15.0 Å². The van der Waals surface area contributed by atoms with Gasteiger partial charge in [0.05, 0.1) is 7.11 Å². The fourth-order valence-electron chi connectivity index (χ4n) is 3.42. The number of amides is 1. The van der Waals surface area contributed by atoms with E-state index in [1.807, 2.05) is 24.3 Å². The van der Waals surface area contributed by atoms with Gasteiger partial charge in [-0.15, -0.1) is 0 Å². The molecule has 0 radical (unpaired) electrons. The first-order chi connectivity index (χ1) is 13.7. The van der Waals surface area contributed by atoms with E-state index in [1.165, 1.54) is 24.3 Å². The van der Waals surface area contributed by atoms with Crippen molar-refractivity contribution in [3.63, 3.8) is 0 Å². The van der Waals surface area contributed by atoms with Crippen molar-refractivity contribution >= 4 is 5.91 Å². The van der Waals surface area contributed by atoms with Crippen molar-refractivity contribution in [2.75, 3.05) is 13.7 Å². The van der Waals surface area contributed by atoms with Crippen LogP contribution in [0.3, 0.4) is 0 Å². The first-order valence-corrected chi connectivity index (χ1v) is 9.20. The summed E-state index contributed by atoms with van der Waals surface area (Å²) in [4.78, 5) is 19.2. The van der Waals surface area contributed by atoms with Crippen LogP contribution in [0.4, 0.5) is 4.39 Å². The Morgan fingerprint density at radius 3 is 2.61 bits per heavy atom. The van der Waals surface area contributed by atoms with Crippen molar-refractivity contribution in [1.29, 1.82) is 0 Å². The number of hydrogen-bond donors (Lipinski definition) is 0. The minimum atomic E-state index is -0.368. The molecule has 3 aromatic rings. The SMILES string of the molecule is COc1ccc(-c2noc(C3CCCCN3C(=O)c3ccc(F)cc3)n2)cc1. The smallest absolute Gasteiger partial charge is 0.254 e. The minimum Gasteiger partial charge on any atom is -0.497 e. The van der Waals surface area contributed by atoms with Gasteiger partial charge in [0, 0.05) is 17.7 Å². The van der Waals surface area contributed by atoms with E-state index in [9.17, 15) is 9.18 Å². The molecule has 2 aromatic carbocycles. The van der Waals surface area contributed by atoms with Crippen LogP contribution in [0, 0.1) is 5.82 Å². The van der Waals surface area contributed by atoms with Crippen molar-refractivity contribution in [3.8, 4) is 17.1 Å². The van der Waals surface area contributed by atoms with Crippen LogP contribution in [-0.4, -0.2) is 34.6 Å². The second-order valence-electron chi connectivity index (χ2n) is 6.70. The van der Waals surface area contributed by atoms with E-state index in [1.54, 1.807) is 12.0 Å². The van der Waals surface area contributed by atoms with E-state index in [4.69, 9.17) is 9.26 Å². The first kappa shape index (κ1) is 18.2. The maximum atomic E-state index is 13.2. The normalized spacial score (nSPS) is 16.8. The molecule has 1 aliphatic heterocycles. The average molecular weight is 381 g/mol. The van der Waals surface area contributed by atoms with Crippen LogP contribution in [0.25, 0.3) is 11.4 Å². The van der Waals surface area contributed by atoms with Gasteiger partial charge in [0.15, 0.2) is 0 Å². The number of carbonyl (C=O) groups excluding carboxylic acids is 1. The Labute approximate surface area is 161 Å². The van der Waals surface area contributed by atoms with E-state index in [0.717, 1.165) is 30.6 Å². The Hall–Kier alpha value is -3.22. The zero-order chi connectivity index (χ0) is 19.5. The number of aromatic nitrogens is 2. The largest absolute Gasteiger partial charge is 0.497 e. The third-order valence-electron chi connectivity index (χ3n) is 4.93. The molecule has 1 aromatic heterocycles. The standard InChI is InChI=1S/C21H20FN3O3/c1-27-17-11-7-14(8-12-17)19-23-20(28-24-19)18-4-2-3-13-25(18)21(26)15-5-9-16(22)10-6-15/h5-12,18H,2-4,13H2,1H3. The molecule has 0 bridgehead atoms. The van der Waals surface area contributed by atoms with E-state index in [2.05, 4.69) is 10.1 Å².